The van der Waals surface area contributed by atoms with Crippen molar-refractivity contribution in [1.29, 1.82) is 0 Å². The van der Waals surface area contributed by atoms with E-state index in [9.17, 15) is 14.4 Å². The third kappa shape index (κ3) is 3.84. The van der Waals surface area contributed by atoms with Gasteiger partial charge in [0, 0.05) is 12.2 Å². The molecule has 0 aliphatic carbocycles. The first-order valence-electron chi connectivity index (χ1n) is 9.16. The molecule has 0 spiro atoms. The van der Waals surface area contributed by atoms with E-state index < -0.39 is 5.69 Å². The van der Waals surface area contributed by atoms with E-state index in [4.69, 9.17) is 0 Å². The summed E-state index contributed by atoms with van der Waals surface area (Å²) >= 11 is 0. The summed E-state index contributed by atoms with van der Waals surface area (Å²) in [5.41, 5.74) is 1.51. The Hall–Kier alpha value is -3.15. The molecule has 6 heteroatoms. The number of aryl methyl sites for hydroxylation is 1. The summed E-state index contributed by atoms with van der Waals surface area (Å²) in [6, 6.07) is 14.5. The highest BCUT2D eigenvalue weighted by molar-refractivity contribution is 5.91. The lowest BCUT2D eigenvalue weighted by atomic mass is 10.1. The fourth-order valence-electron chi connectivity index (χ4n) is 3.16. The molecule has 0 aliphatic heterocycles. The Kier molecular flexibility index (Phi) is 5.54. The second-order valence-corrected chi connectivity index (χ2v) is 6.44. The van der Waals surface area contributed by atoms with E-state index in [1.165, 1.54) is 9.13 Å². The third-order valence-electron chi connectivity index (χ3n) is 4.50. The monoisotopic (exact) mass is 365 g/mol. The molecule has 0 bridgehead atoms. The van der Waals surface area contributed by atoms with Crippen molar-refractivity contribution in [3.63, 3.8) is 0 Å². The van der Waals surface area contributed by atoms with Gasteiger partial charge in [0.1, 0.15) is 6.54 Å². The Morgan fingerprint density at radius 2 is 1.78 bits per heavy atom. The maximum Gasteiger partial charge on any atom is 0.331 e. The minimum atomic E-state index is -0.460. The van der Waals surface area contributed by atoms with Crippen molar-refractivity contribution in [2.75, 3.05) is 5.32 Å². The average molecular weight is 365 g/mol. The number of fused-ring (bicyclic) bond motifs is 1. The van der Waals surface area contributed by atoms with Crippen LogP contribution in [0.1, 0.15) is 25.8 Å². The predicted octanol–water partition coefficient (Wildman–Crippen LogP) is 2.77. The summed E-state index contributed by atoms with van der Waals surface area (Å²) < 4.78 is 2.57. The van der Waals surface area contributed by atoms with E-state index in [2.05, 4.69) is 5.32 Å². The fourth-order valence-corrected chi connectivity index (χ4v) is 3.16. The summed E-state index contributed by atoms with van der Waals surface area (Å²) in [6.07, 6.45) is 1.53. The summed E-state index contributed by atoms with van der Waals surface area (Å²) in [7, 11) is 0. The minimum Gasteiger partial charge on any atom is -0.325 e. The number of carbonyl (C=O) groups is 1. The van der Waals surface area contributed by atoms with E-state index in [1.54, 1.807) is 24.3 Å². The molecule has 3 aromatic rings. The average Bonchev–Trinajstić information content (AvgIpc) is 2.68. The first-order chi connectivity index (χ1) is 13.0. The van der Waals surface area contributed by atoms with E-state index in [-0.39, 0.29) is 18.0 Å². The van der Waals surface area contributed by atoms with Gasteiger partial charge in [0.05, 0.1) is 10.9 Å². The number of carbonyl (C=O) groups excluding carboxylic acids is 1. The smallest absolute Gasteiger partial charge is 0.325 e. The van der Waals surface area contributed by atoms with Crippen LogP contribution in [0.2, 0.25) is 0 Å². The molecule has 6 nitrogen and oxygen atoms in total. The van der Waals surface area contributed by atoms with Crippen LogP contribution in [-0.4, -0.2) is 15.0 Å². The molecule has 1 heterocycles. The van der Waals surface area contributed by atoms with Crippen molar-refractivity contribution in [2.45, 2.75) is 39.8 Å². The molecular formula is C21H23N3O3. The van der Waals surface area contributed by atoms with Crippen molar-refractivity contribution in [1.82, 2.24) is 9.13 Å². The standard InChI is InChI=1S/C21H23N3O3/c1-3-12-23-20(26)17-10-5-6-11-18(17)24(21(23)27)14-19(25)22-16-9-7-8-15(4-2)13-16/h5-11,13H,3-4,12,14H2,1-2H3,(H,22,25). The molecule has 0 aliphatic rings. The van der Waals surface area contributed by atoms with Gasteiger partial charge in [-0.15, -0.1) is 0 Å². The summed E-state index contributed by atoms with van der Waals surface area (Å²) in [5.74, 6) is -0.308. The zero-order valence-electron chi connectivity index (χ0n) is 15.6. The number of anilines is 1. The number of benzene rings is 2. The van der Waals surface area contributed by atoms with E-state index in [1.807, 2.05) is 38.1 Å². The number of aromatic nitrogens is 2. The molecule has 2 aromatic carbocycles. The highest BCUT2D eigenvalue weighted by Gasteiger charge is 2.15. The summed E-state index contributed by atoms with van der Waals surface area (Å²) in [4.78, 5) is 38.0. The van der Waals surface area contributed by atoms with Crippen LogP contribution in [0.25, 0.3) is 10.9 Å². The van der Waals surface area contributed by atoms with Crippen molar-refractivity contribution >= 4 is 22.5 Å². The number of rotatable bonds is 6. The number of para-hydroxylation sites is 1. The Morgan fingerprint density at radius 3 is 2.52 bits per heavy atom. The molecular weight excluding hydrogens is 342 g/mol. The van der Waals surface area contributed by atoms with E-state index >= 15 is 0 Å². The van der Waals surface area contributed by atoms with E-state index in [0.717, 1.165) is 12.0 Å². The van der Waals surface area contributed by atoms with Gasteiger partial charge in [-0.2, -0.15) is 0 Å². The lowest BCUT2D eigenvalue weighted by Gasteiger charge is -2.14. The van der Waals surface area contributed by atoms with Crippen molar-refractivity contribution in [3.05, 3.63) is 74.9 Å². The van der Waals surface area contributed by atoms with Crippen molar-refractivity contribution in [2.24, 2.45) is 0 Å². The van der Waals surface area contributed by atoms with Gasteiger partial charge in [0.25, 0.3) is 5.56 Å². The molecule has 0 saturated carbocycles. The van der Waals surface area contributed by atoms with Crippen LogP contribution in [0.3, 0.4) is 0 Å². The molecule has 1 amide bonds. The largest absolute Gasteiger partial charge is 0.331 e. The molecule has 140 valence electrons. The second kappa shape index (κ2) is 8.03. The second-order valence-electron chi connectivity index (χ2n) is 6.44. The molecule has 1 aromatic heterocycles. The van der Waals surface area contributed by atoms with Crippen LogP contribution in [0.15, 0.2) is 58.1 Å². The van der Waals surface area contributed by atoms with Gasteiger partial charge in [0.2, 0.25) is 5.91 Å². The van der Waals surface area contributed by atoms with Crippen LogP contribution < -0.4 is 16.6 Å². The zero-order chi connectivity index (χ0) is 19.4. The Bertz CT molecular complexity index is 1100. The first-order valence-corrected chi connectivity index (χ1v) is 9.16. The normalized spacial score (nSPS) is 10.9. The maximum absolute atomic E-state index is 12.8. The molecule has 0 saturated heterocycles. The predicted molar refractivity (Wildman–Crippen MR) is 107 cm³/mol. The quantitative estimate of drug-likeness (QED) is 0.730. The number of nitrogens with zero attached hydrogens (tertiary/aromatic N) is 2. The van der Waals surface area contributed by atoms with Gasteiger partial charge in [-0.1, -0.05) is 38.1 Å². The number of hydrogen-bond acceptors (Lipinski definition) is 3. The van der Waals surface area contributed by atoms with E-state index in [0.29, 0.717) is 29.6 Å². The molecule has 0 radical (unpaired) electrons. The highest BCUT2D eigenvalue weighted by Crippen LogP contribution is 2.12. The van der Waals surface area contributed by atoms with Crippen LogP contribution in [0.4, 0.5) is 5.69 Å². The van der Waals surface area contributed by atoms with Crippen LogP contribution >= 0.6 is 0 Å². The lowest BCUT2D eigenvalue weighted by molar-refractivity contribution is -0.116. The lowest BCUT2D eigenvalue weighted by Crippen LogP contribution is -2.41. The topological polar surface area (TPSA) is 73.1 Å². The summed E-state index contributed by atoms with van der Waals surface area (Å²) in [5, 5.41) is 3.27. The summed E-state index contributed by atoms with van der Waals surface area (Å²) in [6.45, 7) is 4.12. The van der Waals surface area contributed by atoms with Gasteiger partial charge >= 0.3 is 5.69 Å². The van der Waals surface area contributed by atoms with Crippen molar-refractivity contribution < 1.29 is 4.79 Å². The Labute approximate surface area is 157 Å². The number of hydrogen-bond donors (Lipinski definition) is 1. The molecule has 0 unspecified atom stereocenters. The Balaban J connectivity index is 1.99. The fraction of sp³-hybridized carbons (Fsp3) is 0.286. The molecule has 27 heavy (non-hydrogen) atoms. The van der Waals surface area contributed by atoms with Crippen LogP contribution in [-0.2, 0) is 24.3 Å². The van der Waals surface area contributed by atoms with Crippen LogP contribution in [0.5, 0.6) is 0 Å². The molecule has 1 N–H and O–H groups in total. The SMILES string of the molecule is CCCn1c(=O)c2ccccc2n(CC(=O)Nc2cccc(CC)c2)c1=O. The first kappa shape index (κ1) is 18.6. The number of nitrogens with one attached hydrogen (secondary N) is 1. The van der Waals surface area contributed by atoms with Gasteiger partial charge in [-0.05, 0) is 42.7 Å². The molecule has 0 fully saturated rings. The van der Waals surface area contributed by atoms with Gasteiger partial charge in [0.15, 0.2) is 0 Å². The van der Waals surface area contributed by atoms with Gasteiger partial charge in [-0.3, -0.25) is 18.7 Å². The third-order valence-corrected chi connectivity index (χ3v) is 4.50. The highest BCUT2D eigenvalue weighted by atomic mass is 16.2. The van der Waals surface area contributed by atoms with Crippen LogP contribution in [0, 0.1) is 0 Å². The number of amides is 1. The Morgan fingerprint density at radius 1 is 1.00 bits per heavy atom. The minimum absolute atomic E-state index is 0.153. The van der Waals surface area contributed by atoms with Crippen molar-refractivity contribution in [3.8, 4) is 0 Å². The van der Waals surface area contributed by atoms with Gasteiger partial charge in [-0.25, -0.2) is 4.79 Å². The zero-order valence-corrected chi connectivity index (χ0v) is 15.6. The van der Waals surface area contributed by atoms with Gasteiger partial charge < -0.3 is 5.32 Å². The molecule has 0 atom stereocenters. The molecule has 3 rings (SSSR count). The maximum atomic E-state index is 12.8.